The predicted molar refractivity (Wildman–Crippen MR) is 91.7 cm³/mol. The van der Waals surface area contributed by atoms with Crippen LogP contribution in [0.2, 0.25) is 0 Å². The smallest absolute Gasteiger partial charge is 0.258 e. The third-order valence-corrected chi connectivity index (χ3v) is 4.04. The van der Waals surface area contributed by atoms with Crippen LogP contribution in [0.15, 0.2) is 65.5 Å². The van der Waals surface area contributed by atoms with E-state index in [1.807, 2.05) is 67.6 Å². The number of pyridine rings is 1. The van der Waals surface area contributed by atoms with Crippen LogP contribution in [0.25, 0.3) is 22.4 Å². The Labute approximate surface area is 129 Å². The highest BCUT2D eigenvalue weighted by atomic mass is 16.1. The minimum absolute atomic E-state index is 0.0185. The van der Waals surface area contributed by atoms with Crippen LogP contribution in [0, 0.1) is 6.92 Å². The normalized spacial score (nSPS) is 10.6. The molecule has 0 saturated heterocycles. The molecule has 3 heteroatoms. The van der Waals surface area contributed by atoms with Gasteiger partial charge in [-0.2, -0.15) is 0 Å². The average molecular weight is 290 g/mol. The van der Waals surface area contributed by atoms with Crippen molar-refractivity contribution in [2.75, 3.05) is 5.73 Å². The van der Waals surface area contributed by atoms with Crippen LogP contribution in [0.3, 0.4) is 0 Å². The Morgan fingerprint density at radius 3 is 2.32 bits per heavy atom. The van der Waals surface area contributed by atoms with E-state index in [0.29, 0.717) is 11.3 Å². The van der Waals surface area contributed by atoms with Crippen molar-refractivity contribution >= 4 is 5.69 Å². The Morgan fingerprint density at radius 2 is 1.59 bits per heavy atom. The molecule has 1 aromatic heterocycles. The van der Waals surface area contributed by atoms with Gasteiger partial charge in [-0.15, -0.1) is 0 Å². The lowest BCUT2D eigenvalue weighted by Crippen LogP contribution is -2.20. The second-order valence-electron chi connectivity index (χ2n) is 5.38. The number of nitrogens with two attached hydrogens (primary N) is 1. The van der Waals surface area contributed by atoms with Crippen molar-refractivity contribution in [3.05, 3.63) is 76.6 Å². The van der Waals surface area contributed by atoms with Crippen LogP contribution in [0.1, 0.15) is 5.56 Å². The molecule has 0 saturated carbocycles. The summed E-state index contributed by atoms with van der Waals surface area (Å²) < 4.78 is 1.69. The third-order valence-electron chi connectivity index (χ3n) is 4.04. The summed E-state index contributed by atoms with van der Waals surface area (Å²) in [5.74, 6) is 0. The van der Waals surface area contributed by atoms with Crippen molar-refractivity contribution < 1.29 is 0 Å². The van der Waals surface area contributed by atoms with Gasteiger partial charge in [-0.3, -0.25) is 4.79 Å². The molecule has 0 bridgehead atoms. The maximum absolute atomic E-state index is 12.7. The van der Waals surface area contributed by atoms with E-state index < -0.39 is 0 Å². The molecule has 1 heterocycles. The molecule has 2 N–H and O–H groups in total. The fraction of sp³-hybridized carbons (Fsp3) is 0.105. The van der Waals surface area contributed by atoms with Gasteiger partial charge in [0.15, 0.2) is 0 Å². The summed E-state index contributed by atoms with van der Waals surface area (Å²) in [4.78, 5) is 12.7. The summed E-state index contributed by atoms with van der Waals surface area (Å²) in [7, 11) is 1.80. The van der Waals surface area contributed by atoms with Gasteiger partial charge in [0.25, 0.3) is 5.56 Å². The molecule has 0 amide bonds. The zero-order valence-corrected chi connectivity index (χ0v) is 12.7. The monoisotopic (exact) mass is 290 g/mol. The molecule has 22 heavy (non-hydrogen) atoms. The highest BCUT2D eigenvalue weighted by Gasteiger charge is 2.11. The van der Waals surface area contributed by atoms with Crippen molar-refractivity contribution in [1.82, 2.24) is 4.57 Å². The van der Waals surface area contributed by atoms with E-state index in [1.165, 1.54) is 0 Å². The zero-order chi connectivity index (χ0) is 15.7. The maximum atomic E-state index is 12.7. The lowest BCUT2D eigenvalue weighted by atomic mass is 9.99. The zero-order valence-electron chi connectivity index (χ0n) is 12.7. The van der Waals surface area contributed by atoms with Crippen molar-refractivity contribution in [3.8, 4) is 22.4 Å². The number of rotatable bonds is 2. The number of hydrogen-bond donors (Lipinski definition) is 1. The molecule has 0 fully saturated rings. The Balaban J connectivity index is 2.20. The lowest BCUT2D eigenvalue weighted by molar-refractivity contribution is 0.873. The molecular formula is C19H18N2O. The second kappa shape index (κ2) is 5.53. The summed E-state index contributed by atoms with van der Waals surface area (Å²) in [5.41, 5.74) is 11.1. The first kappa shape index (κ1) is 14.1. The minimum Gasteiger partial charge on any atom is -0.398 e. The lowest BCUT2D eigenvalue weighted by Gasteiger charge is -2.13. The Kier molecular flexibility index (Phi) is 3.55. The van der Waals surface area contributed by atoms with E-state index >= 15 is 0 Å². The topological polar surface area (TPSA) is 48.0 Å². The minimum atomic E-state index is -0.0185. The van der Waals surface area contributed by atoms with Crippen LogP contribution in [0.4, 0.5) is 5.69 Å². The second-order valence-corrected chi connectivity index (χ2v) is 5.38. The molecule has 0 aliphatic carbocycles. The van der Waals surface area contributed by atoms with Crippen LogP contribution in [-0.2, 0) is 7.05 Å². The number of aromatic nitrogens is 1. The van der Waals surface area contributed by atoms with Crippen molar-refractivity contribution in [3.63, 3.8) is 0 Å². The van der Waals surface area contributed by atoms with Crippen LogP contribution in [-0.4, -0.2) is 4.57 Å². The van der Waals surface area contributed by atoms with Crippen molar-refractivity contribution in [2.24, 2.45) is 7.05 Å². The van der Waals surface area contributed by atoms with E-state index in [-0.39, 0.29) is 5.56 Å². The molecule has 0 aliphatic rings. The van der Waals surface area contributed by atoms with Gasteiger partial charge in [0.1, 0.15) is 0 Å². The van der Waals surface area contributed by atoms with E-state index in [4.69, 9.17) is 5.73 Å². The van der Waals surface area contributed by atoms with Crippen LogP contribution < -0.4 is 11.3 Å². The number of anilines is 1. The molecule has 2 aromatic carbocycles. The highest BCUT2D eigenvalue weighted by molar-refractivity contribution is 5.73. The summed E-state index contributed by atoms with van der Waals surface area (Å²) in [6.45, 7) is 1.94. The highest BCUT2D eigenvalue weighted by Crippen LogP contribution is 2.26. The fourth-order valence-corrected chi connectivity index (χ4v) is 2.68. The predicted octanol–water partition coefficient (Wildman–Crippen LogP) is 3.61. The van der Waals surface area contributed by atoms with E-state index in [1.54, 1.807) is 11.6 Å². The number of hydrogen-bond acceptors (Lipinski definition) is 2. The summed E-state index contributed by atoms with van der Waals surface area (Å²) in [6.07, 6.45) is 0. The van der Waals surface area contributed by atoms with E-state index in [9.17, 15) is 4.79 Å². The van der Waals surface area contributed by atoms with Gasteiger partial charge in [-0.1, -0.05) is 42.5 Å². The third kappa shape index (κ3) is 2.31. The van der Waals surface area contributed by atoms with Gasteiger partial charge >= 0.3 is 0 Å². The Hall–Kier alpha value is -2.81. The van der Waals surface area contributed by atoms with Gasteiger partial charge in [0, 0.05) is 18.3 Å². The molecule has 0 aliphatic heterocycles. The maximum Gasteiger partial charge on any atom is 0.258 e. The van der Waals surface area contributed by atoms with Gasteiger partial charge in [0.05, 0.1) is 5.69 Å². The van der Waals surface area contributed by atoms with E-state index in [0.717, 1.165) is 22.4 Å². The molecule has 110 valence electrons. The first-order valence-corrected chi connectivity index (χ1v) is 7.20. The van der Waals surface area contributed by atoms with Gasteiger partial charge < -0.3 is 10.3 Å². The molecule has 0 unspecified atom stereocenters. The van der Waals surface area contributed by atoms with Crippen LogP contribution >= 0.6 is 0 Å². The largest absolute Gasteiger partial charge is 0.398 e. The van der Waals surface area contributed by atoms with Gasteiger partial charge in [-0.25, -0.2) is 0 Å². The molecule has 0 atom stereocenters. The average Bonchev–Trinajstić information content (AvgIpc) is 2.54. The Bertz CT molecular complexity index is 880. The van der Waals surface area contributed by atoms with E-state index in [2.05, 4.69) is 0 Å². The number of benzene rings is 2. The SMILES string of the molecule is Cc1c(N)cccc1-c1ccc(-c2ccccc2)n(C)c1=O. The molecule has 0 radical (unpaired) electrons. The quantitative estimate of drug-likeness (QED) is 0.733. The fourth-order valence-electron chi connectivity index (χ4n) is 2.68. The molecule has 3 rings (SSSR count). The number of nitrogen functional groups attached to an aromatic ring is 1. The summed E-state index contributed by atoms with van der Waals surface area (Å²) >= 11 is 0. The van der Waals surface area contributed by atoms with Gasteiger partial charge in [-0.05, 0) is 41.8 Å². The summed E-state index contributed by atoms with van der Waals surface area (Å²) in [6, 6.07) is 19.4. The molecular weight excluding hydrogens is 272 g/mol. The van der Waals surface area contributed by atoms with Gasteiger partial charge in [0.2, 0.25) is 0 Å². The molecule has 3 aromatic rings. The van der Waals surface area contributed by atoms with Crippen molar-refractivity contribution in [2.45, 2.75) is 6.92 Å². The first-order valence-electron chi connectivity index (χ1n) is 7.20. The standard InChI is InChI=1S/C19H18N2O/c1-13-15(9-6-10-17(13)20)16-11-12-18(21(2)19(16)22)14-7-4-3-5-8-14/h3-12H,20H2,1-2H3. The molecule has 3 nitrogen and oxygen atoms in total. The van der Waals surface area contributed by atoms with Crippen LogP contribution in [0.5, 0.6) is 0 Å². The molecule has 0 spiro atoms. The first-order chi connectivity index (χ1) is 10.6. The Morgan fingerprint density at radius 1 is 0.864 bits per heavy atom. The summed E-state index contributed by atoms with van der Waals surface area (Å²) in [5, 5.41) is 0. The van der Waals surface area contributed by atoms with Crippen molar-refractivity contribution in [1.29, 1.82) is 0 Å². The number of nitrogens with zero attached hydrogens (tertiary/aromatic N) is 1.